The summed E-state index contributed by atoms with van der Waals surface area (Å²) in [6, 6.07) is 3.03. The summed E-state index contributed by atoms with van der Waals surface area (Å²) in [7, 11) is 0. The van der Waals surface area contributed by atoms with Crippen molar-refractivity contribution in [1.29, 1.82) is 0 Å². The summed E-state index contributed by atoms with van der Waals surface area (Å²) in [5, 5.41) is 14.6. The van der Waals surface area contributed by atoms with Crippen LogP contribution in [0.5, 0.6) is 0 Å². The van der Waals surface area contributed by atoms with Crippen molar-refractivity contribution in [3.63, 3.8) is 0 Å². The van der Waals surface area contributed by atoms with E-state index in [9.17, 15) is 9.59 Å². The average Bonchev–Trinajstić information content (AvgIpc) is 2.65. The Labute approximate surface area is 97.5 Å². The lowest BCUT2D eigenvalue weighted by Crippen LogP contribution is -2.34. The number of carbonyl (C=O) groups is 2. The molecule has 0 bridgehead atoms. The molecule has 0 aliphatic rings. The number of aliphatic hydroxyl groups is 1. The first-order valence-corrected chi connectivity index (χ1v) is 5.63. The topological polar surface area (TPSA) is 78.4 Å². The van der Waals surface area contributed by atoms with E-state index in [1.165, 1.54) is 18.3 Å². The number of hydrogen-bond donors (Lipinski definition) is 3. The molecule has 0 saturated carbocycles. The van der Waals surface area contributed by atoms with Gasteiger partial charge in [0.2, 0.25) is 5.91 Å². The Hall–Kier alpha value is -1.40. The molecular weight excluding hydrogens is 228 g/mol. The maximum absolute atomic E-state index is 11.6. The number of anilines is 1. The van der Waals surface area contributed by atoms with E-state index in [0.717, 1.165) is 0 Å². The van der Waals surface area contributed by atoms with Crippen LogP contribution in [-0.4, -0.2) is 29.6 Å². The minimum Gasteiger partial charge on any atom is -0.394 e. The second-order valence-corrected chi connectivity index (χ2v) is 4.49. The fraction of sp³-hybridized carbons (Fsp3) is 0.400. The van der Waals surface area contributed by atoms with Crippen LogP contribution in [0.4, 0.5) is 5.00 Å². The second kappa shape index (κ2) is 5.62. The Morgan fingerprint density at radius 3 is 2.75 bits per heavy atom. The van der Waals surface area contributed by atoms with Crippen molar-refractivity contribution in [2.75, 3.05) is 11.9 Å². The third-order valence-electron chi connectivity index (χ3n) is 1.78. The fourth-order valence-corrected chi connectivity index (χ4v) is 1.90. The van der Waals surface area contributed by atoms with Gasteiger partial charge >= 0.3 is 0 Å². The molecule has 1 heterocycles. The predicted octanol–water partition coefficient (Wildman–Crippen LogP) is 0.817. The molecule has 0 fully saturated rings. The van der Waals surface area contributed by atoms with Gasteiger partial charge in [0, 0.05) is 13.0 Å². The molecule has 2 amide bonds. The fourth-order valence-electron chi connectivity index (χ4n) is 1.04. The third kappa shape index (κ3) is 3.63. The Bertz CT molecular complexity index is 389. The third-order valence-corrected chi connectivity index (χ3v) is 2.78. The van der Waals surface area contributed by atoms with Gasteiger partial charge in [0.15, 0.2) is 0 Å². The van der Waals surface area contributed by atoms with Gasteiger partial charge in [0.05, 0.1) is 16.5 Å². The lowest BCUT2D eigenvalue weighted by molar-refractivity contribution is -0.114. The van der Waals surface area contributed by atoms with Crippen LogP contribution >= 0.6 is 11.3 Å². The lowest BCUT2D eigenvalue weighted by atomic mass is 10.3. The van der Waals surface area contributed by atoms with Crippen LogP contribution in [-0.2, 0) is 4.79 Å². The van der Waals surface area contributed by atoms with Crippen molar-refractivity contribution in [3.8, 4) is 0 Å². The summed E-state index contributed by atoms with van der Waals surface area (Å²) >= 11 is 1.20. The molecule has 0 unspecified atom stereocenters. The number of hydrogen-bond acceptors (Lipinski definition) is 4. The first kappa shape index (κ1) is 12.7. The number of carbonyl (C=O) groups excluding carboxylic acids is 2. The van der Waals surface area contributed by atoms with Gasteiger partial charge in [-0.1, -0.05) is 0 Å². The molecule has 0 aliphatic heterocycles. The van der Waals surface area contributed by atoms with E-state index in [-0.39, 0.29) is 24.5 Å². The van der Waals surface area contributed by atoms with Crippen molar-refractivity contribution >= 4 is 28.2 Å². The highest BCUT2D eigenvalue weighted by molar-refractivity contribution is 7.18. The second-order valence-electron chi connectivity index (χ2n) is 3.40. The highest BCUT2D eigenvalue weighted by Crippen LogP contribution is 2.21. The molecule has 1 rings (SSSR count). The summed E-state index contributed by atoms with van der Waals surface area (Å²) in [5.41, 5.74) is 0. The van der Waals surface area contributed by atoms with E-state index >= 15 is 0 Å². The van der Waals surface area contributed by atoms with E-state index in [1.807, 2.05) is 0 Å². The van der Waals surface area contributed by atoms with E-state index in [2.05, 4.69) is 10.6 Å². The molecule has 0 aliphatic carbocycles. The van der Waals surface area contributed by atoms with Crippen LogP contribution in [0.2, 0.25) is 0 Å². The van der Waals surface area contributed by atoms with Gasteiger partial charge in [-0.05, 0) is 19.1 Å². The summed E-state index contributed by atoms with van der Waals surface area (Å²) in [5.74, 6) is -0.416. The van der Waals surface area contributed by atoms with Crippen LogP contribution in [0.3, 0.4) is 0 Å². The van der Waals surface area contributed by atoms with Crippen molar-refractivity contribution < 1.29 is 14.7 Å². The number of rotatable bonds is 4. The number of nitrogens with one attached hydrogen (secondary N) is 2. The normalized spacial score (nSPS) is 11.9. The number of aliphatic hydroxyl groups excluding tert-OH is 1. The monoisotopic (exact) mass is 242 g/mol. The van der Waals surface area contributed by atoms with Crippen molar-refractivity contribution in [2.45, 2.75) is 19.9 Å². The van der Waals surface area contributed by atoms with E-state index in [0.29, 0.717) is 9.88 Å². The van der Waals surface area contributed by atoms with Crippen molar-refractivity contribution in [3.05, 3.63) is 17.0 Å². The SMILES string of the molecule is CC(=O)Nc1ccc(C(=O)N[C@@H](C)CO)s1. The summed E-state index contributed by atoms with van der Waals surface area (Å²) < 4.78 is 0. The maximum Gasteiger partial charge on any atom is 0.261 e. The largest absolute Gasteiger partial charge is 0.394 e. The van der Waals surface area contributed by atoms with Crippen LogP contribution in [0.25, 0.3) is 0 Å². The molecule has 0 spiro atoms. The predicted molar refractivity (Wildman–Crippen MR) is 62.6 cm³/mol. The summed E-state index contributed by atoms with van der Waals surface area (Å²) in [4.78, 5) is 22.9. The van der Waals surface area contributed by atoms with Gasteiger partial charge in [0.25, 0.3) is 5.91 Å². The van der Waals surface area contributed by atoms with E-state index < -0.39 is 0 Å². The van der Waals surface area contributed by atoms with Gasteiger partial charge in [0.1, 0.15) is 0 Å². The zero-order valence-corrected chi connectivity index (χ0v) is 9.93. The molecule has 1 aromatic heterocycles. The highest BCUT2D eigenvalue weighted by atomic mass is 32.1. The molecule has 88 valence electrons. The standard InChI is InChI=1S/C10H14N2O3S/c1-6(5-13)11-10(15)8-3-4-9(16-8)12-7(2)14/h3-4,6,13H,5H2,1-2H3,(H,11,15)(H,12,14)/t6-/m0/s1. The zero-order valence-electron chi connectivity index (χ0n) is 9.11. The first-order valence-electron chi connectivity index (χ1n) is 4.82. The maximum atomic E-state index is 11.6. The Morgan fingerprint density at radius 1 is 1.50 bits per heavy atom. The smallest absolute Gasteiger partial charge is 0.261 e. The van der Waals surface area contributed by atoms with E-state index in [4.69, 9.17) is 5.11 Å². The van der Waals surface area contributed by atoms with Gasteiger partial charge in [-0.15, -0.1) is 11.3 Å². The Morgan fingerprint density at radius 2 is 2.19 bits per heavy atom. The molecule has 16 heavy (non-hydrogen) atoms. The molecule has 0 aromatic carbocycles. The molecular formula is C10H14N2O3S. The minimum absolute atomic E-state index is 0.102. The quantitative estimate of drug-likeness (QED) is 0.731. The highest BCUT2D eigenvalue weighted by Gasteiger charge is 2.11. The molecule has 1 aromatic rings. The van der Waals surface area contributed by atoms with Crippen molar-refractivity contribution in [2.24, 2.45) is 0 Å². The number of amides is 2. The van der Waals surface area contributed by atoms with E-state index in [1.54, 1.807) is 19.1 Å². The van der Waals surface area contributed by atoms with Crippen LogP contribution < -0.4 is 10.6 Å². The molecule has 0 radical (unpaired) electrons. The van der Waals surface area contributed by atoms with Crippen LogP contribution in [0.1, 0.15) is 23.5 Å². The van der Waals surface area contributed by atoms with Gasteiger partial charge in [-0.3, -0.25) is 9.59 Å². The van der Waals surface area contributed by atoms with Crippen LogP contribution in [0, 0.1) is 0 Å². The lowest BCUT2D eigenvalue weighted by Gasteiger charge is -2.08. The van der Waals surface area contributed by atoms with Gasteiger partial charge in [-0.25, -0.2) is 0 Å². The minimum atomic E-state index is -0.279. The first-order chi connectivity index (χ1) is 7.52. The van der Waals surface area contributed by atoms with Gasteiger partial charge < -0.3 is 15.7 Å². The number of thiophene rings is 1. The van der Waals surface area contributed by atoms with Crippen LogP contribution in [0.15, 0.2) is 12.1 Å². The molecule has 0 saturated heterocycles. The van der Waals surface area contributed by atoms with Gasteiger partial charge in [-0.2, -0.15) is 0 Å². The molecule has 1 atom stereocenters. The van der Waals surface area contributed by atoms with Crippen molar-refractivity contribution in [1.82, 2.24) is 5.32 Å². The summed E-state index contributed by atoms with van der Waals surface area (Å²) in [6.07, 6.45) is 0. The Kier molecular flexibility index (Phi) is 4.45. The zero-order chi connectivity index (χ0) is 12.1. The molecule has 5 nitrogen and oxygen atoms in total. The average molecular weight is 242 g/mol. The Balaban J connectivity index is 2.63. The summed E-state index contributed by atoms with van der Waals surface area (Å²) in [6.45, 7) is 3.02. The molecule has 3 N–H and O–H groups in total. The molecule has 6 heteroatoms.